The van der Waals surface area contributed by atoms with Crippen LogP contribution in [0.4, 0.5) is 0 Å². The summed E-state index contributed by atoms with van der Waals surface area (Å²) in [7, 11) is -3.18. The lowest BCUT2D eigenvalue weighted by molar-refractivity contribution is 0.0954. The quantitative estimate of drug-likeness (QED) is 0.927. The minimum Gasteiger partial charge on any atom is -0.347 e. The van der Waals surface area contributed by atoms with E-state index in [1.165, 1.54) is 29.7 Å². The first kappa shape index (κ1) is 16.6. The first-order valence-electron chi connectivity index (χ1n) is 5.42. The van der Waals surface area contributed by atoms with Gasteiger partial charge in [-0.3, -0.25) is 9.78 Å². The molecule has 0 aliphatic heterocycles. The van der Waals surface area contributed by atoms with E-state index >= 15 is 0 Å². The molecular formula is C12H13ClN2O3S2. The summed E-state index contributed by atoms with van der Waals surface area (Å²) in [5, 5.41) is 2.74. The average Bonchev–Trinajstić information content (AvgIpc) is 2.89. The van der Waals surface area contributed by atoms with E-state index in [9.17, 15) is 13.2 Å². The van der Waals surface area contributed by atoms with Gasteiger partial charge >= 0.3 is 0 Å². The summed E-state index contributed by atoms with van der Waals surface area (Å²) in [6.45, 7) is 0.348. The van der Waals surface area contributed by atoms with Crippen LogP contribution in [0.15, 0.2) is 40.9 Å². The number of amides is 1. The molecule has 1 amide bonds. The van der Waals surface area contributed by atoms with Gasteiger partial charge in [0.15, 0.2) is 9.84 Å². The number of halogens is 1. The number of benzene rings is 1. The van der Waals surface area contributed by atoms with E-state index in [2.05, 4.69) is 10.3 Å². The lowest BCUT2D eigenvalue weighted by Gasteiger charge is -2.04. The van der Waals surface area contributed by atoms with Crippen LogP contribution in [0.5, 0.6) is 0 Å². The molecule has 0 radical (unpaired) electrons. The Labute approximate surface area is 127 Å². The SMILES string of the molecule is CS(=O)(=O)c1ccc(CNC(=O)c2cncs2)cc1.Cl. The number of hydrogen-bond donors (Lipinski definition) is 1. The Hall–Kier alpha value is -1.44. The molecule has 1 heterocycles. The van der Waals surface area contributed by atoms with Crippen LogP contribution in [-0.4, -0.2) is 25.6 Å². The second-order valence-electron chi connectivity index (χ2n) is 3.96. The highest BCUT2D eigenvalue weighted by molar-refractivity contribution is 7.90. The zero-order valence-electron chi connectivity index (χ0n) is 10.6. The molecular weight excluding hydrogens is 320 g/mol. The molecule has 5 nitrogen and oxygen atoms in total. The molecule has 0 saturated heterocycles. The van der Waals surface area contributed by atoms with Crippen molar-refractivity contribution in [3.05, 3.63) is 46.4 Å². The van der Waals surface area contributed by atoms with Crippen LogP contribution in [0, 0.1) is 0 Å². The summed E-state index contributed by atoms with van der Waals surface area (Å²) >= 11 is 1.27. The lowest BCUT2D eigenvalue weighted by atomic mass is 10.2. The van der Waals surface area contributed by atoms with Crippen molar-refractivity contribution >= 4 is 39.5 Å². The van der Waals surface area contributed by atoms with Gasteiger partial charge in [-0.25, -0.2) is 8.42 Å². The van der Waals surface area contributed by atoms with E-state index in [1.807, 2.05) is 0 Å². The van der Waals surface area contributed by atoms with Crippen molar-refractivity contribution in [3.63, 3.8) is 0 Å². The number of aromatic nitrogens is 1. The van der Waals surface area contributed by atoms with Gasteiger partial charge in [-0.15, -0.1) is 23.7 Å². The van der Waals surface area contributed by atoms with Gasteiger partial charge in [0.25, 0.3) is 5.91 Å². The Bertz CT molecular complexity index is 667. The van der Waals surface area contributed by atoms with Crippen LogP contribution in [-0.2, 0) is 16.4 Å². The maximum absolute atomic E-state index is 11.7. The number of sulfone groups is 1. The second-order valence-corrected chi connectivity index (χ2v) is 6.87. The van der Waals surface area contributed by atoms with Gasteiger partial charge in [0.2, 0.25) is 0 Å². The molecule has 20 heavy (non-hydrogen) atoms. The fraction of sp³-hybridized carbons (Fsp3) is 0.167. The van der Waals surface area contributed by atoms with Crippen molar-refractivity contribution in [3.8, 4) is 0 Å². The van der Waals surface area contributed by atoms with Crippen molar-refractivity contribution in [1.29, 1.82) is 0 Å². The van der Waals surface area contributed by atoms with E-state index in [0.717, 1.165) is 11.8 Å². The minimum atomic E-state index is -3.18. The van der Waals surface area contributed by atoms with E-state index in [4.69, 9.17) is 0 Å². The summed E-state index contributed by atoms with van der Waals surface area (Å²) in [6, 6.07) is 6.43. The van der Waals surface area contributed by atoms with Crippen molar-refractivity contribution in [1.82, 2.24) is 10.3 Å². The van der Waals surface area contributed by atoms with Crippen molar-refractivity contribution < 1.29 is 13.2 Å². The molecule has 0 aliphatic carbocycles. The number of hydrogen-bond acceptors (Lipinski definition) is 5. The fourth-order valence-corrected chi connectivity index (χ4v) is 2.62. The van der Waals surface area contributed by atoms with E-state index in [-0.39, 0.29) is 23.2 Å². The normalized spacial score (nSPS) is 10.7. The standard InChI is InChI=1S/C12H12N2O3S2.ClH/c1-19(16,17)10-4-2-9(3-5-10)6-14-12(15)11-7-13-8-18-11;/h2-5,7-8H,6H2,1H3,(H,14,15);1H. The number of carbonyl (C=O) groups excluding carboxylic acids is 1. The summed E-state index contributed by atoms with van der Waals surface area (Å²) in [5.41, 5.74) is 2.43. The zero-order chi connectivity index (χ0) is 13.9. The van der Waals surface area contributed by atoms with E-state index in [0.29, 0.717) is 11.4 Å². The molecule has 0 aliphatic rings. The number of nitrogens with zero attached hydrogens (tertiary/aromatic N) is 1. The molecule has 0 fully saturated rings. The van der Waals surface area contributed by atoms with Crippen molar-refractivity contribution in [2.75, 3.05) is 6.26 Å². The lowest BCUT2D eigenvalue weighted by Crippen LogP contribution is -2.21. The van der Waals surface area contributed by atoms with Gasteiger partial charge in [-0.2, -0.15) is 0 Å². The molecule has 108 valence electrons. The van der Waals surface area contributed by atoms with Gasteiger partial charge in [0, 0.05) is 12.8 Å². The van der Waals surface area contributed by atoms with Crippen LogP contribution in [0.2, 0.25) is 0 Å². The Morgan fingerprint density at radius 1 is 1.30 bits per heavy atom. The third-order valence-electron chi connectivity index (χ3n) is 2.46. The number of carbonyl (C=O) groups is 1. The Morgan fingerprint density at radius 3 is 2.45 bits per heavy atom. The van der Waals surface area contributed by atoms with E-state index in [1.54, 1.807) is 17.6 Å². The summed E-state index contributed by atoms with van der Waals surface area (Å²) in [4.78, 5) is 16.3. The molecule has 0 saturated carbocycles. The molecule has 1 N–H and O–H groups in total. The van der Waals surface area contributed by atoms with Crippen molar-refractivity contribution in [2.24, 2.45) is 0 Å². The Morgan fingerprint density at radius 2 is 1.95 bits per heavy atom. The number of rotatable bonds is 4. The zero-order valence-corrected chi connectivity index (χ0v) is 13.0. The Kier molecular flexibility index (Phi) is 5.67. The topological polar surface area (TPSA) is 76.1 Å². The molecule has 0 unspecified atom stereocenters. The smallest absolute Gasteiger partial charge is 0.263 e. The molecule has 8 heteroatoms. The maximum atomic E-state index is 11.7. The monoisotopic (exact) mass is 332 g/mol. The largest absolute Gasteiger partial charge is 0.347 e. The van der Waals surface area contributed by atoms with Crippen LogP contribution in [0.1, 0.15) is 15.2 Å². The highest BCUT2D eigenvalue weighted by atomic mass is 35.5. The predicted molar refractivity (Wildman–Crippen MR) is 80.1 cm³/mol. The fourth-order valence-electron chi connectivity index (χ4n) is 1.45. The molecule has 2 aromatic rings. The van der Waals surface area contributed by atoms with Crippen LogP contribution in [0.3, 0.4) is 0 Å². The molecule has 0 bridgehead atoms. The third-order valence-corrected chi connectivity index (χ3v) is 4.36. The van der Waals surface area contributed by atoms with Crippen LogP contribution in [0.25, 0.3) is 0 Å². The van der Waals surface area contributed by atoms with Gasteiger partial charge in [0.1, 0.15) is 4.88 Å². The van der Waals surface area contributed by atoms with E-state index < -0.39 is 9.84 Å². The van der Waals surface area contributed by atoms with Gasteiger partial charge in [0.05, 0.1) is 16.6 Å². The molecule has 0 atom stereocenters. The van der Waals surface area contributed by atoms with Gasteiger partial charge < -0.3 is 5.32 Å². The van der Waals surface area contributed by atoms with Gasteiger partial charge in [-0.1, -0.05) is 12.1 Å². The molecule has 2 rings (SSSR count). The third kappa shape index (κ3) is 4.29. The molecule has 1 aromatic carbocycles. The summed E-state index contributed by atoms with van der Waals surface area (Å²) in [6.07, 6.45) is 2.67. The minimum absolute atomic E-state index is 0. The Balaban J connectivity index is 0.00000200. The highest BCUT2D eigenvalue weighted by Crippen LogP contribution is 2.11. The van der Waals surface area contributed by atoms with Crippen LogP contribution < -0.4 is 5.32 Å². The first-order valence-corrected chi connectivity index (χ1v) is 8.19. The number of thiazole rings is 1. The summed E-state index contributed by atoms with van der Waals surface area (Å²) < 4.78 is 22.6. The van der Waals surface area contributed by atoms with Crippen LogP contribution >= 0.6 is 23.7 Å². The maximum Gasteiger partial charge on any atom is 0.263 e. The van der Waals surface area contributed by atoms with Gasteiger partial charge in [-0.05, 0) is 17.7 Å². The number of nitrogens with one attached hydrogen (secondary N) is 1. The average molecular weight is 333 g/mol. The summed E-state index contributed by atoms with van der Waals surface area (Å²) in [5.74, 6) is -0.185. The predicted octanol–water partition coefficient (Wildman–Crippen LogP) is 1.90. The van der Waals surface area contributed by atoms with Crippen molar-refractivity contribution in [2.45, 2.75) is 11.4 Å². The first-order chi connectivity index (χ1) is 8.97. The second kappa shape index (κ2) is 6.83. The molecule has 1 aromatic heterocycles. The molecule has 0 spiro atoms. The highest BCUT2D eigenvalue weighted by Gasteiger charge is 2.08.